The Balaban J connectivity index is 1.62. The predicted molar refractivity (Wildman–Crippen MR) is 93.8 cm³/mol. The first-order valence-corrected chi connectivity index (χ1v) is 9.24. The second-order valence-corrected chi connectivity index (χ2v) is 7.50. The van der Waals surface area contributed by atoms with Crippen molar-refractivity contribution < 1.29 is 14.6 Å². The van der Waals surface area contributed by atoms with Crippen LogP contribution in [0.5, 0.6) is 0 Å². The Labute approximate surface area is 144 Å². The summed E-state index contributed by atoms with van der Waals surface area (Å²) in [6.45, 7) is 2.08. The van der Waals surface area contributed by atoms with E-state index < -0.39 is 5.60 Å². The molecular formula is C20H29NO3. The van der Waals surface area contributed by atoms with Crippen LogP contribution < -0.4 is 5.32 Å². The lowest BCUT2D eigenvalue weighted by atomic mass is 9.74. The Morgan fingerprint density at radius 3 is 2.38 bits per heavy atom. The van der Waals surface area contributed by atoms with Crippen molar-refractivity contribution in [2.24, 2.45) is 0 Å². The number of carbonyl (C=O) groups is 1. The summed E-state index contributed by atoms with van der Waals surface area (Å²) >= 11 is 0. The van der Waals surface area contributed by atoms with Crippen LogP contribution in [0.25, 0.3) is 0 Å². The first kappa shape index (κ1) is 17.4. The first-order chi connectivity index (χ1) is 11.6. The molecule has 4 heteroatoms. The van der Waals surface area contributed by atoms with Gasteiger partial charge in [0.05, 0.1) is 12.0 Å². The van der Waals surface area contributed by atoms with Gasteiger partial charge in [-0.05, 0) is 31.2 Å². The highest BCUT2D eigenvalue weighted by molar-refractivity contribution is 5.77. The molecule has 0 unspecified atom stereocenters. The molecule has 24 heavy (non-hydrogen) atoms. The molecule has 1 amide bonds. The molecule has 1 saturated carbocycles. The van der Waals surface area contributed by atoms with Crippen LogP contribution in [0.2, 0.25) is 0 Å². The highest BCUT2D eigenvalue weighted by Crippen LogP contribution is 2.35. The fourth-order valence-electron chi connectivity index (χ4n) is 4.14. The van der Waals surface area contributed by atoms with Gasteiger partial charge in [-0.25, -0.2) is 0 Å². The topological polar surface area (TPSA) is 58.6 Å². The van der Waals surface area contributed by atoms with Crippen LogP contribution in [0.15, 0.2) is 30.3 Å². The van der Waals surface area contributed by atoms with E-state index in [4.69, 9.17) is 4.74 Å². The molecule has 0 atom stereocenters. The van der Waals surface area contributed by atoms with Gasteiger partial charge >= 0.3 is 0 Å². The zero-order chi connectivity index (χ0) is 16.9. The van der Waals surface area contributed by atoms with Gasteiger partial charge in [-0.1, -0.05) is 49.6 Å². The van der Waals surface area contributed by atoms with Gasteiger partial charge in [-0.3, -0.25) is 4.79 Å². The summed E-state index contributed by atoms with van der Waals surface area (Å²) in [5.74, 6) is -0.0267. The molecule has 1 aromatic rings. The van der Waals surface area contributed by atoms with E-state index in [0.29, 0.717) is 6.54 Å². The second kappa shape index (κ2) is 7.66. The van der Waals surface area contributed by atoms with Gasteiger partial charge in [0.15, 0.2) is 0 Å². The van der Waals surface area contributed by atoms with E-state index in [1.54, 1.807) is 0 Å². The molecule has 1 heterocycles. The third-order valence-electron chi connectivity index (χ3n) is 5.73. The quantitative estimate of drug-likeness (QED) is 0.872. The lowest BCUT2D eigenvalue weighted by molar-refractivity contribution is -0.128. The average molecular weight is 331 g/mol. The zero-order valence-corrected chi connectivity index (χ0v) is 14.4. The molecule has 0 radical (unpaired) electrons. The van der Waals surface area contributed by atoms with Crippen molar-refractivity contribution in [2.45, 2.75) is 62.4 Å². The fourth-order valence-corrected chi connectivity index (χ4v) is 4.14. The van der Waals surface area contributed by atoms with Gasteiger partial charge in [0, 0.05) is 25.2 Å². The summed E-state index contributed by atoms with van der Waals surface area (Å²) in [6.07, 6.45) is 6.78. The molecule has 1 aromatic carbocycles. The Morgan fingerprint density at radius 2 is 1.71 bits per heavy atom. The van der Waals surface area contributed by atoms with Crippen LogP contribution in [-0.2, 0) is 14.9 Å². The van der Waals surface area contributed by atoms with Crippen molar-refractivity contribution in [3.63, 3.8) is 0 Å². The Hall–Kier alpha value is -1.39. The Morgan fingerprint density at radius 1 is 1.04 bits per heavy atom. The number of amides is 1. The number of aliphatic hydroxyl groups is 1. The number of nitrogens with one attached hydrogen (secondary N) is 1. The molecule has 1 aliphatic heterocycles. The van der Waals surface area contributed by atoms with E-state index in [2.05, 4.69) is 29.6 Å². The van der Waals surface area contributed by atoms with E-state index in [1.165, 1.54) is 12.0 Å². The smallest absolute Gasteiger partial charge is 0.222 e. The van der Waals surface area contributed by atoms with Crippen LogP contribution >= 0.6 is 0 Å². The fraction of sp³-hybridized carbons (Fsp3) is 0.650. The van der Waals surface area contributed by atoms with Crippen molar-refractivity contribution in [1.82, 2.24) is 5.32 Å². The molecule has 132 valence electrons. The monoisotopic (exact) mass is 331 g/mol. The van der Waals surface area contributed by atoms with Crippen molar-refractivity contribution in [2.75, 3.05) is 19.8 Å². The van der Waals surface area contributed by atoms with Gasteiger partial charge in [-0.15, -0.1) is 0 Å². The maximum absolute atomic E-state index is 12.4. The molecule has 2 aliphatic rings. The summed E-state index contributed by atoms with van der Waals surface area (Å²) in [6, 6.07) is 10.4. The molecule has 1 saturated heterocycles. The normalized spacial score (nSPS) is 22.7. The van der Waals surface area contributed by atoms with Gasteiger partial charge in [0.25, 0.3) is 0 Å². The third-order valence-corrected chi connectivity index (χ3v) is 5.73. The summed E-state index contributed by atoms with van der Waals surface area (Å²) in [4.78, 5) is 12.4. The minimum atomic E-state index is -0.794. The van der Waals surface area contributed by atoms with Crippen LogP contribution in [0.1, 0.15) is 56.9 Å². The Kier molecular flexibility index (Phi) is 5.57. The molecular weight excluding hydrogens is 302 g/mol. The minimum Gasteiger partial charge on any atom is -0.389 e. The molecule has 0 aromatic heterocycles. The van der Waals surface area contributed by atoms with Crippen molar-refractivity contribution in [3.8, 4) is 0 Å². The summed E-state index contributed by atoms with van der Waals surface area (Å²) < 4.78 is 5.54. The van der Waals surface area contributed by atoms with Crippen LogP contribution in [-0.4, -0.2) is 36.4 Å². The van der Waals surface area contributed by atoms with Crippen LogP contribution in [0.4, 0.5) is 0 Å². The number of ether oxygens (including phenoxy) is 1. The molecule has 0 spiro atoms. The summed E-state index contributed by atoms with van der Waals surface area (Å²) in [7, 11) is 0. The zero-order valence-electron chi connectivity index (χ0n) is 14.4. The lowest BCUT2D eigenvalue weighted by Crippen LogP contribution is -2.46. The third kappa shape index (κ3) is 4.17. The number of benzene rings is 1. The van der Waals surface area contributed by atoms with Gasteiger partial charge in [0.1, 0.15) is 0 Å². The molecule has 2 fully saturated rings. The first-order valence-electron chi connectivity index (χ1n) is 9.24. The van der Waals surface area contributed by atoms with Crippen LogP contribution in [0.3, 0.4) is 0 Å². The van der Waals surface area contributed by atoms with Crippen molar-refractivity contribution >= 4 is 5.91 Å². The number of hydrogen-bond acceptors (Lipinski definition) is 3. The second-order valence-electron chi connectivity index (χ2n) is 7.50. The number of carbonyl (C=O) groups excluding carboxylic acids is 1. The molecule has 2 N–H and O–H groups in total. The van der Waals surface area contributed by atoms with E-state index in [1.807, 2.05) is 6.07 Å². The SMILES string of the molecule is O=C(CC1(O)CCCCC1)NCC1(c2ccccc2)CCOCC1. The number of hydrogen-bond donors (Lipinski definition) is 2. The minimum absolute atomic E-state index is 0.0267. The highest BCUT2D eigenvalue weighted by atomic mass is 16.5. The lowest BCUT2D eigenvalue weighted by Gasteiger charge is -2.38. The molecule has 1 aliphatic carbocycles. The van der Waals surface area contributed by atoms with Crippen LogP contribution in [0, 0.1) is 0 Å². The predicted octanol–water partition coefficient (Wildman–Crippen LogP) is 2.94. The Bertz CT molecular complexity index is 531. The molecule has 3 rings (SSSR count). The largest absolute Gasteiger partial charge is 0.389 e. The average Bonchev–Trinajstić information content (AvgIpc) is 2.62. The van der Waals surface area contributed by atoms with E-state index in [9.17, 15) is 9.90 Å². The maximum atomic E-state index is 12.4. The number of rotatable bonds is 5. The molecule has 4 nitrogen and oxygen atoms in total. The molecule has 0 bridgehead atoms. The van der Waals surface area contributed by atoms with E-state index in [0.717, 1.165) is 51.7 Å². The van der Waals surface area contributed by atoms with E-state index in [-0.39, 0.29) is 17.7 Å². The maximum Gasteiger partial charge on any atom is 0.222 e. The summed E-state index contributed by atoms with van der Waals surface area (Å²) in [5.41, 5.74) is 0.424. The standard InChI is InChI=1S/C20H29NO3/c22-18(15-20(23)9-5-2-6-10-20)21-16-19(11-13-24-14-12-19)17-7-3-1-4-8-17/h1,3-4,7-8,23H,2,5-6,9-16H2,(H,21,22). The van der Waals surface area contributed by atoms with E-state index >= 15 is 0 Å². The van der Waals surface area contributed by atoms with Gasteiger partial charge < -0.3 is 15.2 Å². The summed E-state index contributed by atoms with van der Waals surface area (Å²) in [5, 5.41) is 13.7. The van der Waals surface area contributed by atoms with Gasteiger partial charge in [-0.2, -0.15) is 0 Å². The highest BCUT2D eigenvalue weighted by Gasteiger charge is 2.36. The van der Waals surface area contributed by atoms with Gasteiger partial charge in [0.2, 0.25) is 5.91 Å². The van der Waals surface area contributed by atoms with Crippen molar-refractivity contribution in [1.29, 1.82) is 0 Å². The van der Waals surface area contributed by atoms with Crippen molar-refractivity contribution in [3.05, 3.63) is 35.9 Å².